The van der Waals surface area contributed by atoms with Crippen molar-refractivity contribution in [3.8, 4) is 16.9 Å². The summed E-state index contributed by atoms with van der Waals surface area (Å²) in [7, 11) is 3.07. The SMILES string of the molecule is CCC(=O)C(=O)Nc1ccc(-c2ccc(O)c3c2C[C@H]2C[C@H]4[C@H](N(C)C)C(=O)C(C(N)=O)=C(O)[C@@]4(O)C(=O)C2=C3O)cc1. The number of phenols is 1. The number of hydrogen-bond acceptors (Lipinski definition) is 10. The number of primary amides is 1. The van der Waals surface area contributed by atoms with Gasteiger partial charge in [-0.25, -0.2) is 0 Å². The quantitative estimate of drug-likeness (QED) is 0.212. The molecule has 3 aliphatic carbocycles. The molecule has 0 aromatic heterocycles. The average Bonchev–Trinajstić information content (AvgIpc) is 2.94. The second kappa shape index (κ2) is 10.5. The minimum atomic E-state index is -2.71. The van der Waals surface area contributed by atoms with Crippen LogP contribution in [0.25, 0.3) is 16.9 Å². The van der Waals surface area contributed by atoms with Gasteiger partial charge in [0, 0.05) is 23.6 Å². The van der Waals surface area contributed by atoms with E-state index in [9.17, 15) is 44.4 Å². The Kier molecular flexibility index (Phi) is 7.23. The van der Waals surface area contributed by atoms with E-state index >= 15 is 0 Å². The minimum Gasteiger partial charge on any atom is -0.508 e. The largest absolute Gasteiger partial charge is 0.508 e. The molecule has 1 saturated carbocycles. The maximum atomic E-state index is 14.0. The van der Waals surface area contributed by atoms with Gasteiger partial charge in [0.1, 0.15) is 22.8 Å². The van der Waals surface area contributed by atoms with Gasteiger partial charge in [-0.2, -0.15) is 0 Å². The predicted octanol–water partition coefficient (Wildman–Crippen LogP) is 1.55. The molecule has 0 spiro atoms. The molecule has 0 saturated heterocycles. The van der Waals surface area contributed by atoms with Crippen molar-refractivity contribution in [3.63, 3.8) is 0 Å². The molecule has 0 heterocycles. The number of Topliss-reactive ketones (excluding diaryl/α,β-unsaturated/α-hetero) is 3. The summed E-state index contributed by atoms with van der Waals surface area (Å²) in [5.41, 5.74) is 3.66. The Bertz CT molecular complexity index is 1670. The van der Waals surface area contributed by atoms with Gasteiger partial charge in [-0.3, -0.25) is 28.9 Å². The number of anilines is 1. The van der Waals surface area contributed by atoms with Crippen LogP contribution in [0.2, 0.25) is 0 Å². The molecular formula is C31H31N3O9. The third-order valence-corrected chi connectivity index (χ3v) is 8.63. The first-order chi connectivity index (χ1) is 20.2. The number of aliphatic hydroxyl groups is 3. The van der Waals surface area contributed by atoms with Crippen molar-refractivity contribution >= 4 is 40.6 Å². The molecule has 0 bridgehead atoms. The average molecular weight is 590 g/mol. The summed E-state index contributed by atoms with van der Waals surface area (Å²) in [4.78, 5) is 64.4. The predicted molar refractivity (Wildman–Crippen MR) is 154 cm³/mol. The van der Waals surface area contributed by atoms with Gasteiger partial charge in [-0.05, 0) is 67.7 Å². The van der Waals surface area contributed by atoms with Gasteiger partial charge in [0.15, 0.2) is 11.4 Å². The maximum Gasteiger partial charge on any atom is 0.291 e. The summed E-state index contributed by atoms with van der Waals surface area (Å²) in [6.45, 7) is 1.58. The van der Waals surface area contributed by atoms with E-state index in [0.717, 1.165) is 0 Å². The molecule has 2 amide bonds. The summed E-state index contributed by atoms with van der Waals surface area (Å²) >= 11 is 0. The Morgan fingerprint density at radius 2 is 1.70 bits per heavy atom. The van der Waals surface area contributed by atoms with Gasteiger partial charge < -0.3 is 31.5 Å². The van der Waals surface area contributed by atoms with Crippen LogP contribution in [0.15, 0.2) is 53.3 Å². The zero-order valence-corrected chi connectivity index (χ0v) is 23.7. The number of rotatable bonds is 6. The summed E-state index contributed by atoms with van der Waals surface area (Å²) in [5, 5.41) is 47.4. The zero-order valence-electron chi connectivity index (χ0n) is 23.7. The Labute approximate surface area is 246 Å². The lowest BCUT2D eigenvalue weighted by atomic mass is 9.57. The van der Waals surface area contributed by atoms with E-state index in [-0.39, 0.29) is 36.1 Å². The number of aromatic hydroxyl groups is 1. The normalized spacial score (nSPS) is 24.8. The molecule has 12 heteroatoms. The van der Waals surface area contributed by atoms with Crippen molar-refractivity contribution in [3.05, 3.63) is 64.4 Å². The topological polar surface area (TPSA) is 208 Å². The zero-order chi connectivity index (χ0) is 31.5. The van der Waals surface area contributed by atoms with Gasteiger partial charge in [0.05, 0.1) is 11.6 Å². The van der Waals surface area contributed by atoms with Crippen LogP contribution in [-0.4, -0.2) is 80.2 Å². The number of nitrogens with one attached hydrogen (secondary N) is 1. The van der Waals surface area contributed by atoms with E-state index in [1.165, 1.54) is 25.1 Å². The summed E-state index contributed by atoms with van der Waals surface area (Å²) < 4.78 is 0. The van der Waals surface area contributed by atoms with Crippen LogP contribution < -0.4 is 11.1 Å². The highest BCUT2D eigenvalue weighted by atomic mass is 16.3. The number of fused-ring (bicyclic) bond motifs is 3. The van der Waals surface area contributed by atoms with Crippen LogP contribution in [-0.2, 0) is 30.4 Å². The van der Waals surface area contributed by atoms with Gasteiger partial charge in [0.25, 0.3) is 11.8 Å². The molecule has 0 unspecified atom stereocenters. The van der Waals surface area contributed by atoms with Gasteiger partial charge in [-0.1, -0.05) is 25.1 Å². The molecule has 0 aliphatic heterocycles. The van der Waals surface area contributed by atoms with Crippen molar-refractivity contribution in [2.75, 3.05) is 19.4 Å². The van der Waals surface area contributed by atoms with E-state index in [0.29, 0.717) is 22.4 Å². The first kappa shape index (κ1) is 29.7. The van der Waals surface area contributed by atoms with Crippen LogP contribution in [0.3, 0.4) is 0 Å². The lowest BCUT2D eigenvalue weighted by molar-refractivity contribution is -0.153. The summed E-state index contributed by atoms with van der Waals surface area (Å²) in [6, 6.07) is 8.39. The summed E-state index contributed by atoms with van der Waals surface area (Å²) in [6.07, 6.45) is 0.162. The first-order valence-corrected chi connectivity index (χ1v) is 13.7. The number of carbonyl (C=O) groups excluding carboxylic acids is 5. The van der Waals surface area contributed by atoms with E-state index in [4.69, 9.17) is 5.73 Å². The van der Waals surface area contributed by atoms with E-state index in [2.05, 4.69) is 5.32 Å². The number of aliphatic hydroxyl groups excluding tert-OH is 2. The molecule has 7 N–H and O–H groups in total. The molecule has 4 atom stereocenters. The highest BCUT2D eigenvalue weighted by Crippen LogP contribution is 2.53. The number of carbonyl (C=O) groups is 5. The second-order valence-electron chi connectivity index (χ2n) is 11.3. The number of nitrogens with zero attached hydrogens (tertiary/aromatic N) is 1. The van der Waals surface area contributed by atoms with Crippen LogP contribution in [0.4, 0.5) is 5.69 Å². The number of phenolic OH excluding ortho intramolecular Hbond substituents is 1. The van der Waals surface area contributed by atoms with Crippen LogP contribution in [0, 0.1) is 11.8 Å². The van der Waals surface area contributed by atoms with E-state index in [1.807, 2.05) is 0 Å². The lowest BCUT2D eigenvalue weighted by Gasteiger charge is -2.50. The van der Waals surface area contributed by atoms with Crippen molar-refractivity contribution < 1.29 is 44.4 Å². The minimum absolute atomic E-state index is 0.0280. The Hall–Kier alpha value is -4.81. The number of nitrogens with two attached hydrogens (primary N) is 1. The molecule has 0 radical (unpaired) electrons. The fraction of sp³-hybridized carbons (Fsp3) is 0.323. The fourth-order valence-electron chi connectivity index (χ4n) is 6.61. The highest BCUT2D eigenvalue weighted by Gasteiger charge is 2.64. The molecule has 2 aromatic rings. The number of ketones is 3. The van der Waals surface area contributed by atoms with E-state index < -0.39 is 69.7 Å². The second-order valence-corrected chi connectivity index (χ2v) is 11.3. The Morgan fingerprint density at radius 3 is 2.28 bits per heavy atom. The van der Waals surface area contributed by atoms with Crippen molar-refractivity contribution in [2.45, 2.75) is 37.8 Å². The van der Waals surface area contributed by atoms with Crippen LogP contribution in [0.1, 0.15) is 30.9 Å². The number of benzene rings is 2. The van der Waals surface area contributed by atoms with Gasteiger partial charge >= 0.3 is 0 Å². The van der Waals surface area contributed by atoms with Crippen molar-refractivity contribution in [1.29, 1.82) is 0 Å². The number of amides is 2. The lowest BCUT2D eigenvalue weighted by Crippen LogP contribution is -2.65. The Balaban J connectivity index is 1.62. The van der Waals surface area contributed by atoms with Crippen LogP contribution >= 0.6 is 0 Å². The van der Waals surface area contributed by atoms with Gasteiger partial charge in [-0.15, -0.1) is 0 Å². The number of hydrogen-bond donors (Lipinski definition) is 6. The maximum absolute atomic E-state index is 14.0. The molecule has 2 aromatic carbocycles. The smallest absolute Gasteiger partial charge is 0.291 e. The number of likely N-dealkylation sites (N-methyl/N-ethyl adjacent to an activating group) is 1. The van der Waals surface area contributed by atoms with Gasteiger partial charge in [0.2, 0.25) is 11.6 Å². The van der Waals surface area contributed by atoms with E-state index in [1.54, 1.807) is 37.3 Å². The third kappa shape index (κ3) is 4.41. The molecule has 224 valence electrons. The van der Waals surface area contributed by atoms with Crippen LogP contribution in [0.5, 0.6) is 5.75 Å². The molecule has 5 rings (SSSR count). The standard InChI is InChI=1S/C31H31N3O9/c1-4-19(35)30(42)33-15-7-5-13(6-8-15)16-9-10-20(36)22-17(16)11-14-12-18-24(34(2)3)26(38)23(29(32)41)28(40)31(18,43)27(39)21(14)25(22)37/h5-10,14,18,24,36-37,40,43H,4,11-12H2,1-3H3,(H2,32,41)(H,33,42)/t14-,18-,24-,31-/m0/s1. The molecule has 1 fully saturated rings. The molecule has 12 nitrogen and oxygen atoms in total. The van der Waals surface area contributed by atoms with Crippen molar-refractivity contribution in [1.82, 2.24) is 4.90 Å². The molecule has 3 aliphatic rings. The first-order valence-electron chi connectivity index (χ1n) is 13.7. The monoisotopic (exact) mass is 589 g/mol. The molecule has 43 heavy (non-hydrogen) atoms. The molecular weight excluding hydrogens is 558 g/mol. The van der Waals surface area contributed by atoms with Crippen molar-refractivity contribution in [2.24, 2.45) is 17.6 Å². The summed E-state index contributed by atoms with van der Waals surface area (Å²) in [5.74, 6) is -8.45. The highest BCUT2D eigenvalue weighted by molar-refractivity contribution is 6.40. The third-order valence-electron chi connectivity index (χ3n) is 8.63. The Morgan fingerprint density at radius 1 is 1.05 bits per heavy atom. The fourth-order valence-corrected chi connectivity index (χ4v) is 6.61.